The molecule has 1 amide bonds. The van der Waals surface area contributed by atoms with Crippen LogP contribution in [0.1, 0.15) is 13.3 Å². The summed E-state index contributed by atoms with van der Waals surface area (Å²) in [7, 11) is -2.54. The van der Waals surface area contributed by atoms with Crippen LogP contribution in [0.15, 0.2) is 42.5 Å². The third-order valence-corrected chi connectivity index (χ3v) is 5.43. The Morgan fingerprint density at radius 2 is 2.00 bits per heavy atom. The van der Waals surface area contributed by atoms with Crippen molar-refractivity contribution in [2.45, 2.75) is 19.4 Å². The van der Waals surface area contributed by atoms with E-state index < -0.39 is 26.9 Å². The number of anilines is 2. The fourth-order valence-electron chi connectivity index (χ4n) is 2.79. The number of ether oxygens (including phenoxy) is 1. The summed E-state index contributed by atoms with van der Waals surface area (Å²) in [5.41, 5.74) is 0.0880. The van der Waals surface area contributed by atoms with Gasteiger partial charge in [-0.25, -0.2) is 8.42 Å². The van der Waals surface area contributed by atoms with Crippen molar-refractivity contribution >= 4 is 44.6 Å². The Morgan fingerprint density at radius 3 is 2.55 bits per heavy atom. The number of halogens is 1. The number of rotatable bonds is 8. The van der Waals surface area contributed by atoms with E-state index in [-0.39, 0.29) is 34.3 Å². The van der Waals surface area contributed by atoms with Crippen LogP contribution < -0.4 is 14.4 Å². The van der Waals surface area contributed by atoms with Crippen LogP contribution in [0.3, 0.4) is 0 Å². The molecule has 11 heteroatoms. The predicted octanol–water partition coefficient (Wildman–Crippen LogP) is 3.44. The highest BCUT2D eigenvalue weighted by atomic mass is 35.5. The highest BCUT2D eigenvalue weighted by Gasteiger charge is 2.33. The third kappa shape index (κ3) is 5.36. The Hall–Kier alpha value is -2.85. The van der Waals surface area contributed by atoms with Gasteiger partial charge in [-0.1, -0.05) is 24.6 Å². The molecule has 29 heavy (non-hydrogen) atoms. The Labute approximate surface area is 173 Å². The molecule has 0 fully saturated rings. The summed E-state index contributed by atoms with van der Waals surface area (Å²) >= 11 is 6.03. The summed E-state index contributed by atoms with van der Waals surface area (Å²) in [6.45, 7) is 1.65. The summed E-state index contributed by atoms with van der Waals surface area (Å²) in [5.74, 6) is -0.429. The van der Waals surface area contributed by atoms with Crippen LogP contribution in [-0.2, 0) is 14.8 Å². The van der Waals surface area contributed by atoms with Crippen LogP contribution in [-0.4, -0.2) is 38.7 Å². The molecule has 1 N–H and O–H groups in total. The number of hydrogen-bond donors (Lipinski definition) is 1. The maximum absolute atomic E-state index is 12.9. The minimum Gasteiger partial charge on any atom is -0.495 e. The van der Waals surface area contributed by atoms with Crippen LogP contribution in [0.4, 0.5) is 17.1 Å². The Bertz CT molecular complexity index is 1030. The molecular weight excluding hydrogens is 422 g/mol. The highest BCUT2D eigenvalue weighted by molar-refractivity contribution is 7.92. The summed E-state index contributed by atoms with van der Waals surface area (Å²) < 4.78 is 31.3. The van der Waals surface area contributed by atoms with Crippen molar-refractivity contribution < 1.29 is 22.9 Å². The van der Waals surface area contributed by atoms with Gasteiger partial charge < -0.3 is 10.1 Å². The average molecular weight is 442 g/mol. The largest absolute Gasteiger partial charge is 0.495 e. The summed E-state index contributed by atoms with van der Waals surface area (Å²) in [6.07, 6.45) is 1.10. The number of amides is 1. The summed E-state index contributed by atoms with van der Waals surface area (Å²) in [4.78, 5) is 23.3. The molecule has 0 aliphatic rings. The van der Waals surface area contributed by atoms with Crippen LogP contribution in [0, 0.1) is 10.1 Å². The van der Waals surface area contributed by atoms with E-state index in [2.05, 4.69) is 5.32 Å². The molecule has 2 aromatic rings. The van der Waals surface area contributed by atoms with E-state index in [9.17, 15) is 23.3 Å². The van der Waals surface area contributed by atoms with E-state index in [1.807, 2.05) is 0 Å². The van der Waals surface area contributed by atoms with Gasteiger partial charge in [0.2, 0.25) is 15.9 Å². The molecule has 2 aromatic carbocycles. The standard InChI is InChI=1S/C18H20ClN3O6S/c1-4-15(18(23)20-13-6-5-7-14(11-13)22(24)25)21(29(3,26)27)16-10-12(19)8-9-17(16)28-2/h5-11,15H,4H2,1-3H3,(H,20,23)/t15-/m0/s1. The number of nitrogens with zero attached hydrogens (tertiary/aromatic N) is 2. The van der Waals surface area contributed by atoms with Gasteiger partial charge in [-0.3, -0.25) is 19.2 Å². The van der Waals surface area contributed by atoms with Crippen molar-refractivity contribution in [3.63, 3.8) is 0 Å². The number of carbonyl (C=O) groups is 1. The lowest BCUT2D eigenvalue weighted by Crippen LogP contribution is -2.47. The zero-order chi connectivity index (χ0) is 21.8. The molecule has 0 aliphatic heterocycles. The van der Waals surface area contributed by atoms with Crippen molar-refractivity contribution in [3.05, 3.63) is 57.6 Å². The van der Waals surface area contributed by atoms with Crippen molar-refractivity contribution in [2.24, 2.45) is 0 Å². The van der Waals surface area contributed by atoms with Gasteiger partial charge in [0, 0.05) is 22.8 Å². The quantitative estimate of drug-likeness (QED) is 0.495. The zero-order valence-corrected chi connectivity index (χ0v) is 17.5. The molecule has 0 radical (unpaired) electrons. The first-order chi connectivity index (χ1) is 13.6. The Kier molecular flexibility index (Phi) is 7.04. The number of carbonyl (C=O) groups excluding carboxylic acids is 1. The van der Waals surface area contributed by atoms with E-state index in [1.54, 1.807) is 6.92 Å². The maximum atomic E-state index is 12.9. The zero-order valence-electron chi connectivity index (χ0n) is 16.0. The molecule has 2 rings (SSSR count). The number of nitrogens with one attached hydrogen (secondary N) is 1. The Balaban J connectivity index is 2.47. The normalized spacial score (nSPS) is 12.1. The molecule has 0 unspecified atom stereocenters. The van der Waals surface area contributed by atoms with Gasteiger partial charge in [-0.05, 0) is 30.7 Å². The van der Waals surface area contributed by atoms with Gasteiger partial charge in [0.15, 0.2) is 0 Å². The Morgan fingerprint density at radius 1 is 1.31 bits per heavy atom. The average Bonchev–Trinajstić information content (AvgIpc) is 2.65. The molecular formula is C18H20ClN3O6S. The van der Waals surface area contributed by atoms with Crippen LogP contribution in [0.25, 0.3) is 0 Å². The first-order valence-electron chi connectivity index (χ1n) is 8.46. The van der Waals surface area contributed by atoms with Gasteiger partial charge >= 0.3 is 0 Å². The molecule has 0 saturated heterocycles. The first kappa shape index (κ1) is 22.4. The van der Waals surface area contributed by atoms with Crippen LogP contribution in [0.5, 0.6) is 5.75 Å². The minimum atomic E-state index is -3.91. The second-order valence-corrected chi connectivity index (χ2v) is 8.39. The van der Waals surface area contributed by atoms with E-state index >= 15 is 0 Å². The monoisotopic (exact) mass is 441 g/mol. The number of nitro groups is 1. The lowest BCUT2D eigenvalue weighted by atomic mass is 10.1. The van der Waals surface area contributed by atoms with Crippen LogP contribution in [0.2, 0.25) is 5.02 Å². The second-order valence-electron chi connectivity index (χ2n) is 6.10. The number of sulfonamides is 1. The van der Waals surface area contributed by atoms with Crippen molar-refractivity contribution in [1.29, 1.82) is 0 Å². The number of methoxy groups -OCH3 is 1. The topological polar surface area (TPSA) is 119 Å². The molecule has 0 spiro atoms. The molecule has 0 aliphatic carbocycles. The van der Waals surface area contributed by atoms with Gasteiger partial charge in [-0.15, -0.1) is 0 Å². The smallest absolute Gasteiger partial charge is 0.271 e. The summed E-state index contributed by atoms with van der Waals surface area (Å²) in [5, 5.41) is 13.7. The molecule has 0 heterocycles. The highest BCUT2D eigenvalue weighted by Crippen LogP contribution is 2.35. The lowest BCUT2D eigenvalue weighted by molar-refractivity contribution is -0.384. The predicted molar refractivity (Wildman–Crippen MR) is 111 cm³/mol. The minimum absolute atomic E-state index is 0.114. The second kappa shape index (κ2) is 9.10. The van der Waals surface area contributed by atoms with Gasteiger partial charge in [-0.2, -0.15) is 0 Å². The molecule has 1 atom stereocenters. The van der Waals surface area contributed by atoms with E-state index in [4.69, 9.17) is 16.3 Å². The molecule has 0 aromatic heterocycles. The molecule has 9 nitrogen and oxygen atoms in total. The van der Waals surface area contributed by atoms with E-state index in [1.165, 1.54) is 49.6 Å². The molecule has 0 saturated carbocycles. The summed E-state index contributed by atoms with van der Waals surface area (Å²) in [6, 6.07) is 8.66. The molecule has 156 valence electrons. The fraction of sp³-hybridized carbons (Fsp3) is 0.278. The number of benzene rings is 2. The van der Waals surface area contributed by atoms with Crippen LogP contribution >= 0.6 is 11.6 Å². The van der Waals surface area contributed by atoms with Crippen molar-refractivity contribution in [2.75, 3.05) is 23.0 Å². The van der Waals surface area contributed by atoms with E-state index in [0.29, 0.717) is 0 Å². The van der Waals surface area contributed by atoms with Crippen molar-refractivity contribution in [1.82, 2.24) is 0 Å². The SMILES string of the molecule is CC[C@@H](C(=O)Nc1cccc([N+](=O)[O-])c1)N(c1cc(Cl)ccc1OC)S(C)(=O)=O. The lowest BCUT2D eigenvalue weighted by Gasteiger charge is -2.31. The van der Waals surface area contributed by atoms with Gasteiger partial charge in [0.05, 0.1) is 24.0 Å². The number of non-ortho nitro benzene ring substituents is 1. The van der Waals surface area contributed by atoms with E-state index in [0.717, 1.165) is 10.6 Å². The molecule has 0 bridgehead atoms. The van der Waals surface area contributed by atoms with Crippen molar-refractivity contribution in [3.8, 4) is 5.75 Å². The maximum Gasteiger partial charge on any atom is 0.271 e. The first-order valence-corrected chi connectivity index (χ1v) is 10.7. The number of hydrogen-bond acceptors (Lipinski definition) is 6. The fourth-order valence-corrected chi connectivity index (χ4v) is 4.17. The third-order valence-electron chi connectivity index (χ3n) is 4.03. The number of nitro benzene ring substituents is 1. The van der Waals surface area contributed by atoms with Gasteiger partial charge in [0.1, 0.15) is 11.8 Å². The van der Waals surface area contributed by atoms with Gasteiger partial charge in [0.25, 0.3) is 5.69 Å².